The number of ketones is 1. The van der Waals surface area contributed by atoms with Crippen LogP contribution in [0.2, 0.25) is 0 Å². The van der Waals surface area contributed by atoms with Gasteiger partial charge in [-0.2, -0.15) is 0 Å². The Morgan fingerprint density at radius 1 is 1.14 bits per heavy atom. The molecule has 2 atom stereocenters. The molecule has 1 fully saturated rings. The zero-order chi connectivity index (χ0) is 20.7. The second-order valence-electron chi connectivity index (χ2n) is 11.0. The monoisotopic (exact) mass is 388 g/mol. The van der Waals surface area contributed by atoms with Crippen LogP contribution in [-0.2, 0) is 9.59 Å². The van der Waals surface area contributed by atoms with E-state index in [-0.39, 0.29) is 28.8 Å². The van der Waals surface area contributed by atoms with Crippen LogP contribution in [0, 0.1) is 11.3 Å². The SMILES string of the molecule is CC[C@@H]1C[C@H](C(=O)NC2CCCCC2)N(C(C)(C)C)C2=C1C(=O)CC(C)(C)C2. The molecule has 0 saturated heterocycles. The number of carbonyl (C=O) groups is 2. The van der Waals surface area contributed by atoms with Crippen LogP contribution in [0.15, 0.2) is 11.3 Å². The molecule has 28 heavy (non-hydrogen) atoms. The molecule has 158 valence electrons. The fraction of sp³-hybridized carbons (Fsp3) is 0.833. The summed E-state index contributed by atoms with van der Waals surface area (Å²) >= 11 is 0. The minimum Gasteiger partial charge on any atom is -0.358 e. The lowest BCUT2D eigenvalue weighted by atomic mass is 9.68. The molecule has 0 spiro atoms. The second-order valence-corrected chi connectivity index (χ2v) is 11.0. The van der Waals surface area contributed by atoms with E-state index in [1.165, 1.54) is 19.3 Å². The van der Waals surface area contributed by atoms with Gasteiger partial charge in [-0.3, -0.25) is 9.59 Å². The highest BCUT2D eigenvalue weighted by Gasteiger charge is 2.48. The third kappa shape index (κ3) is 4.31. The summed E-state index contributed by atoms with van der Waals surface area (Å²) in [6.45, 7) is 13.1. The normalized spacial score (nSPS) is 28.9. The molecule has 4 heteroatoms. The van der Waals surface area contributed by atoms with Gasteiger partial charge in [-0.15, -0.1) is 0 Å². The average molecular weight is 389 g/mol. The first-order chi connectivity index (χ1) is 13.0. The Hall–Kier alpha value is -1.32. The van der Waals surface area contributed by atoms with E-state index in [0.717, 1.165) is 43.4 Å². The zero-order valence-corrected chi connectivity index (χ0v) is 18.9. The van der Waals surface area contributed by atoms with Crippen LogP contribution in [0.25, 0.3) is 0 Å². The van der Waals surface area contributed by atoms with Crippen LogP contribution in [0.5, 0.6) is 0 Å². The molecular formula is C24H40N2O2. The van der Waals surface area contributed by atoms with Gasteiger partial charge in [0.25, 0.3) is 0 Å². The maximum Gasteiger partial charge on any atom is 0.242 e. The number of hydrogen-bond acceptors (Lipinski definition) is 3. The summed E-state index contributed by atoms with van der Waals surface area (Å²) in [5.41, 5.74) is 1.94. The highest BCUT2D eigenvalue weighted by atomic mass is 16.2. The molecule has 3 aliphatic rings. The Morgan fingerprint density at radius 2 is 1.79 bits per heavy atom. The number of Topliss-reactive ketones (excluding diaryl/α,β-unsaturated/α-hetero) is 1. The highest BCUT2D eigenvalue weighted by Crippen LogP contribution is 2.48. The molecule has 1 heterocycles. The summed E-state index contributed by atoms with van der Waals surface area (Å²) in [4.78, 5) is 28.8. The first-order valence-corrected chi connectivity index (χ1v) is 11.4. The lowest BCUT2D eigenvalue weighted by molar-refractivity contribution is -0.131. The molecule has 1 aliphatic heterocycles. The van der Waals surface area contributed by atoms with Crippen molar-refractivity contribution in [1.82, 2.24) is 10.2 Å². The van der Waals surface area contributed by atoms with E-state index in [1.807, 2.05) is 0 Å². The van der Waals surface area contributed by atoms with Crippen LogP contribution in [-0.4, -0.2) is 34.2 Å². The first kappa shape index (κ1) is 21.4. The fourth-order valence-electron chi connectivity index (χ4n) is 5.67. The van der Waals surface area contributed by atoms with Crippen LogP contribution >= 0.6 is 0 Å². The van der Waals surface area contributed by atoms with Gasteiger partial charge >= 0.3 is 0 Å². The highest BCUT2D eigenvalue weighted by molar-refractivity contribution is 5.98. The molecule has 0 unspecified atom stereocenters. The summed E-state index contributed by atoms with van der Waals surface area (Å²) in [5.74, 6) is 0.681. The molecule has 0 aromatic rings. The van der Waals surface area contributed by atoms with E-state index >= 15 is 0 Å². The van der Waals surface area contributed by atoms with E-state index in [2.05, 4.69) is 51.8 Å². The quantitative estimate of drug-likeness (QED) is 0.742. The van der Waals surface area contributed by atoms with Gasteiger partial charge in [0.05, 0.1) is 0 Å². The average Bonchev–Trinajstić information content (AvgIpc) is 2.58. The Kier molecular flexibility index (Phi) is 5.99. The predicted octanol–water partition coefficient (Wildman–Crippen LogP) is 4.98. The van der Waals surface area contributed by atoms with Crippen LogP contribution in [0.1, 0.15) is 99.3 Å². The Bertz CT molecular complexity index is 650. The van der Waals surface area contributed by atoms with Crippen molar-refractivity contribution in [3.63, 3.8) is 0 Å². The smallest absolute Gasteiger partial charge is 0.242 e. The number of allylic oxidation sites excluding steroid dienone is 2. The van der Waals surface area contributed by atoms with Gasteiger partial charge in [0.1, 0.15) is 6.04 Å². The summed E-state index contributed by atoms with van der Waals surface area (Å²) in [6, 6.07) is 0.148. The Morgan fingerprint density at radius 3 is 2.36 bits per heavy atom. The minimum absolute atomic E-state index is 0.0422. The van der Waals surface area contributed by atoms with Gasteiger partial charge in [-0.25, -0.2) is 0 Å². The van der Waals surface area contributed by atoms with Gasteiger partial charge < -0.3 is 10.2 Å². The van der Waals surface area contributed by atoms with E-state index in [9.17, 15) is 9.59 Å². The lowest BCUT2D eigenvalue weighted by Gasteiger charge is -2.52. The maximum absolute atomic E-state index is 13.4. The van der Waals surface area contributed by atoms with E-state index < -0.39 is 0 Å². The van der Waals surface area contributed by atoms with Crippen molar-refractivity contribution in [3.05, 3.63) is 11.3 Å². The van der Waals surface area contributed by atoms with Crippen LogP contribution < -0.4 is 5.32 Å². The molecule has 4 nitrogen and oxygen atoms in total. The lowest BCUT2D eigenvalue weighted by Crippen LogP contribution is -2.59. The predicted molar refractivity (Wildman–Crippen MR) is 114 cm³/mol. The van der Waals surface area contributed by atoms with E-state index in [1.54, 1.807) is 0 Å². The summed E-state index contributed by atoms with van der Waals surface area (Å²) < 4.78 is 0. The van der Waals surface area contributed by atoms with Crippen molar-refractivity contribution < 1.29 is 9.59 Å². The summed E-state index contributed by atoms with van der Waals surface area (Å²) in [6.07, 6.45) is 9.12. The molecular weight excluding hydrogens is 348 g/mol. The van der Waals surface area contributed by atoms with Crippen molar-refractivity contribution in [2.24, 2.45) is 11.3 Å². The first-order valence-electron chi connectivity index (χ1n) is 11.4. The van der Waals surface area contributed by atoms with Crippen molar-refractivity contribution in [1.29, 1.82) is 0 Å². The molecule has 3 rings (SSSR count). The molecule has 0 radical (unpaired) electrons. The Labute approximate surface area is 171 Å². The molecule has 0 bridgehead atoms. The number of carbonyl (C=O) groups excluding carboxylic acids is 2. The third-order valence-corrected chi connectivity index (χ3v) is 6.88. The zero-order valence-electron chi connectivity index (χ0n) is 18.9. The molecule has 0 aromatic carbocycles. The van der Waals surface area contributed by atoms with Crippen molar-refractivity contribution >= 4 is 11.7 Å². The van der Waals surface area contributed by atoms with Gasteiger partial charge in [-0.1, -0.05) is 40.0 Å². The summed E-state index contributed by atoms with van der Waals surface area (Å²) in [7, 11) is 0. The Balaban J connectivity index is 1.96. The largest absolute Gasteiger partial charge is 0.358 e. The molecule has 1 saturated carbocycles. The van der Waals surface area contributed by atoms with Crippen LogP contribution in [0.4, 0.5) is 0 Å². The fourth-order valence-corrected chi connectivity index (χ4v) is 5.67. The topological polar surface area (TPSA) is 49.4 Å². The van der Waals surface area contributed by atoms with Crippen molar-refractivity contribution in [3.8, 4) is 0 Å². The van der Waals surface area contributed by atoms with Crippen molar-refractivity contribution in [2.75, 3.05) is 0 Å². The third-order valence-electron chi connectivity index (χ3n) is 6.88. The standard InChI is InChI=1S/C24H40N2O2/c1-7-16-13-18(22(28)25-17-11-9-8-10-12-17)26(23(2,3)4)19-14-24(5,6)15-20(27)21(16)19/h16-18H,7-15H2,1-6H3,(H,25,28)/t16-,18-/m1/s1. The van der Waals surface area contributed by atoms with E-state index in [0.29, 0.717) is 18.2 Å². The number of rotatable bonds is 3. The molecule has 1 amide bonds. The number of nitrogens with one attached hydrogen (secondary N) is 1. The molecule has 0 aromatic heterocycles. The van der Waals surface area contributed by atoms with Gasteiger partial charge in [-0.05, 0) is 64.2 Å². The number of hydrogen-bond donors (Lipinski definition) is 1. The minimum atomic E-state index is -0.193. The van der Waals surface area contributed by atoms with Gasteiger partial charge in [0.15, 0.2) is 5.78 Å². The van der Waals surface area contributed by atoms with Crippen LogP contribution in [0.3, 0.4) is 0 Å². The van der Waals surface area contributed by atoms with Gasteiger partial charge in [0, 0.05) is 29.3 Å². The maximum atomic E-state index is 13.4. The second kappa shape index (κ2) is 7.84. The summed E-state index contributed by atoms with van der Waals surface area (Å²) in [5, 5.41) is 3.37. The molecule has 1 N–H and O–H groups in total. The molecule has 2 aliphatic carbocycles. The van der Waals surface area contributed by atoms with Gasteiger partial charge in [0.2, 0.25) is 5.91 Å². The van der Waals surface area contributed by atoms with E-state index in [4.69, 9.17) is 0 Å². The van der Waals surface area contributed by atoms with Crippen molar-refractivity contribution in [2.45, 2.75) is 117 Å². The number of amides is 1. The number of nitrogens with zero attached hydrogens (tertiary/aromatic N) is 1.